The normalized spacial score (nSPS) is 26.5. The Morgan fingerprint density at radius 1 is 1.20 bits per heavy atom. The van der Waals surface area contributed by atoms with Crippen molar-refractivity contribution in [3.8, 4) is 0 Å². The molecule has 106 valence electrons. The third kappa shape index (κ3) is 2.75. The highest BCUT2D eigenvalue weighted by Gasteiger charge is 2.39. The molecule has 20 heavy (non-hydrogen) atoms. The molecule has 0 aromatic heterocycles. The van der Waals surface area contributed by atoms with E-state index in [1.165, 1.54) is 4.90 Å². The van der Waals surface area contributed by atoms with Crippen LogP contribution in [0.2, 0.25) is 0 Å². The van der Waals surface area contributed by atoms with E-state index in [9.17, 15) is 9.59 Å². The van der Waals surface area contributed by atoms with Gasteiger partial charge in [-0.15, -0.1) is 0 Å². The summed E-state index contributed by atoms with van der Waals surface area (Å²) < 4.78 is 5.52. The highest BCUT2D eigenvalue weighted by atomic mass is 16.5. The number of carbonyl (C=O) groups excluding carboxylic acids is 2. The van der Waals surface area contributed by atoms with Gasteiger partial charge >= 0.3 is 0 Å². The summed E-state index contributed by atoms with van der Waals surface area (Å²) in [5, 5.41) is 0. The van der Waals surface area contributed by atoms with E-state index in [4.69, 9.17) is 4.74 Å². The van der Waals surface area contributed by atoms with E-state index in [1.54, 1.807) is 0 Å². The van der Waals surface area contributed by atoms with E-state index in [2.05, 4.69) is 0 Å². The lowest BCUT2D eigenvalue weighted by Gasteiger charge is -2.18. The van der Waals surface area contributed by atoms with Gasteiger partial charge in [-0.2, -0.15) is 0 Å². The molecule has 0 unspecified atom stereocenters. The highest BCUT2D eigenvalue weighted by molar-refractivity contribution is 6.03. The van der Waals surface area contributed by atoms with Crippen molar-refractivity contribution in [1.29, 1.82) is 0 Å². The van der Waals surface area contributed by atoms with Crippen molar-refractivity contribution < 1.29 is 14.3 Å². The second-order valence-electron chi connectivity index (χ2n) is 5.57. The van der Waals surface area contributed by atoms with Gasteiger partial charge in [0.15, 0.2) is 0 Å². The summed E-state index contributed by atoms with van der Waals surface area (Å²) >= 11 is 0. The largest absolute Gasteiger partial charge is 0.376 e. The molecule has 0 radical (unpaired) electrons. The predicted octanol–water partition coefficient (Wildman–Crippen LogP) is 1.78. The van der Waals surface area contributed by atoms with Crippen LogP contribution in [0.25, 0.3) is 0 Å². The van der Waals surface area contributed by atoms with E-state index in [0.29, 0.717) is 19.4 Å². The second kappa shape index (κ2) is 5.75. The topological polar surface area (TPSA) is 46.6 Å². The quantitative estimate of drug-likeness (QED) is 0.786. The molecule has 0 spiro atoms. The standard InChI is InChI=1S/C16H19NO3/c18-15-10-13(9-12-5-2-1-3-6-12)16(19)17(15)11-14-7-4-8-20-14/h1-3,5-6,13-14H,4,7-11H2/t13-,14-/m1/s1. The van der Waals surface area contributed by atoms with Crippen molar-refractivity contribution >= 4 is 11.8 Å². The smallest absolute Gasteiger partial charge is 0.233 e. The zero-order valence-corrected chi connectivity index (χ0v) is 11.5. The van der Waals surface area contributed by atoms with Crippen molar-refractivity contribution in [3.05, 3.63) is 35.9 Å². The van der Waals surface area contributed by atoms with Gasteiger partial charge in [0, 0.05) is 13.0 Å². The lowest BCUT2D eigenvalue weighted by atomic mass is 9.98. The van der Waals surface area contributed by atoms with Gasteiger partial charge in [0.1, 0.15) is 0 Å². The van der Waals surface area contributed by atoms with Gasteiger partial charge in [-0.1, -0.05) is 30.3 Å². The van der Waals surface area contributed by atoms with Gasteiger partial charge < -0.3 is 4.74 Å². The lowest BCUT2D eigenvalue weighted by Crippen LogP contribution is -2.37. The summed E-state index contributed by atoms with van der Waals surface area (Å²) in [6.07, 6.45) is 2.99. The molecule has 4 nitrogen and oxygen atoms in total. The number of ether oxygens (including phenoxy) is 1. The van der Waals surface area contributed by atoms with Crippen LogP contribution in [0.15, 0.2) is 30.3 Å². The summed E-state index contributed by atoms with van der Waals surface area (Å²) in [4.78, 5) is 25.8. The van der Waals surface area contributed by atoms with E-state index < -0.39 is 0 Å². The fourth-order valence-electron chi connectivity index (χ4n) is 2.99. The summed E-state index contributed by atoms with van der Waals surface area (Å²) in [6.45, 7) is 1.18. The minimum atomic E-state index is -0.202. The molecular weight excluding hydrogens is 254 g/mol. The molecule has 0 N–H and O–H groups in total. The number of benzene rings is 1. The maximum atomic E-state index is 12.4. The van der Waals surface area contributed by atoms with Gasteiger partial charge in [0.2, 0.25) is 11.8 Å². The van der Waals surface area contributed by atoms with E-state index in [1.807, 2.05) is 30.3 Å². The predicted molar refractivity (Wildman–Crippen MR) is 73.9 cm³/mol. The SMILES string of the molecule is O=C1C[C@@H](Cc2ccccc2)C(=O)N1C[C@H]1CCCO1. The lowest BCUT2D eigenvalue weighted by molar-refractivity contribution is -0.141. The second-order valence-corrected chi connectivity index (χ2v) is 5.57. The maximum Gasteiger partial charge on any atom is 0.233 e. The third-order valence-corrected chi connectivity index (χ3v) is 4.07. The Kier molecular flexibility index (Phi) is 3.83. The Morgan fingerprint density at radius 2 is 2.00 bits per heavy atom. The molecule has 2 saturated heterocycles. The fourth-order valence-corrected chi connectivity index (χ4v) is 2.99. The molecule has 0 saturated carbocycles. The number of nitrogens with zero attached hydrogens (tertiary/aromatic N) is 1. The van der Waals surface area contributed by atoms with Crippen LogP contribution in [0, 0.1) is 5.92 Å². The fraction of sp³-hybridized carbons (Fsp3) is 0.500. The molecule has 0 bridgehead atoms. The summed E-state index contributed by atoms with van der Waals surface area (Å²) in [5.74, 6) is -0.285. The molecule has 2 atom stereocenters. The molecule has 2 fully saturated rings. The number of imide groups is 1. The summed E-state index contributed by atoms with van der Waals surface area (Å²) in [7, 11) is 0. The molecule has 2 heterocycles. The average molecular weight is 273 g/mol. The van der Waals surface area contributed by atoms with E-state index in [-0.39, 0.29) is 23.8 Å². The molecule has 0 aliphatic carbocycles. The third-order valence-electron chi connectivity index (χ3n) is 4.07. The van der Waals surface area contributed by atoms with Crippen molar-refractivity contribution in [1.82, 2.24) is 4.90 Å². The van der Waals surface area contributed by atoms with Crippen LogP contribution in [-0.4, -0.2) is 36.0 Å². The zero-order valence-electron chi connectivity index (χ0n) is 11.5. The van der Waals surface area contributed by atoms with Crippen LogP contribution < -0.4 is 0 Å². The van der Waals surface area contributed by atoms with Gasteiger partial charge in [-0.25, -0.2) is 0 Å². The van der Waals surface area contributed by atoms with Crippen LogP contribution in [0.4, 0.5) is 0 Å². The van der Waals surface area contributed by atoms with Crippen molar-refractivity contribution in [2.75, 3.05) is 13.2 Å². The van der Waals surface area contributed by atoms with Crippen LogP contribution in [0.3, 0.4) is 0 Å². The minimum Gasteiger partial charge on any atom is -0.376 e. The van der Waals surface area contributed by atoms with E-state index >= 15 is 0 Å². The van der Waals surface area contributed by atoms with Crippen LogP contribution >= 0.6 is 0 Å². The Bertz CT molecular complexity index is 494. The molecule has 2 aliphatic rings. The number of rotatable bonds is 4. The van der Waals surface area contributed by atoms with Crippen molar-refractivity contribution in [3.63, 3.8) is 0 Å². The van der Waals surface area contributed by atoms with Gasteiger partial charge in [0.05, 0.1) is 18.6 Å². The van der Waals surface area contributed by atoms with Crippen molar-refractivity contribution in [2.24, 2.45) is 5.92 Å². The summed E-state index contributed by atoms with van der Waals surface area (Å²) in [5.41, 5.74) is 1.11. The van der Waals surface area contributed by atoms with Gasteiger partial charge in [-0.05, 0) is 24.8 Å². The van der Waals surface area contributed by atoms with Crippen LogP contribution in [-0.2, 0) is 20.7 Å². The van der Waals surface area contributed by atoms with Crippen LogP contribution in [0.1, 0.15) is 24.8 Å². The van der Waals surface area contributed by atoms with Gasteiger partial charge in [-0.3, -0.25) is 14.5 Å². The number of carbonyl (C=O) groups is 2. The molecule has 2 aliphatic heterocycles. The Labute approximate surface area is 118 Å². The number of hydrogen-bond acceptors (Lipinski definition) is 3. The molecule has 2 amide bonds. The number of amides is 2. The van der Waals surface area contributed by atoms with Crippen LogP contribution in [0.5, 0.6) is 0 Å². The first kappa shape index (κ1) is 13.3. The zero-order chi connectivity index (χ0) is 13.9. The highest BCUT2D eigenvalue weighted by Crippen LogP contribution is 2.25. The molecule has 4 heteroatoms. The maximum absolute atomic E-state index is 12.4. The van der Waals surface area contributed by atoms with E-state index in [0.717, 1.165) is 25.0 Å². The van der Waals surface area contributed by atoms with Crippen molar-refractivity contribution in [2.45, 2.75) is 31.8 Å². The van der Waals surface area contributed by atoms with Gasteiger partial charge in [0.25, 0.3) is 0 Å². The first-order valence-corrected chi connectivity index (χ1v) is 7.24. The molecule has 3 rings (SSSR count). The summed E-state index contributed by atoms with van der Waals surface area (Å²) in [6, 6.07) is 9.87. The Morgan fingerprint density at radius 3 is 2.70 bits per heavy atom. The first-order chi connectivity index (χ1) is 9.74. The number of likely N-dealkylation sites (tertiary alicyclic amines) is 1. The molecule has 1 aromatic carbocycles. The average Bonchev–Trinajstić information content (AvgIpc) is 3.05. The Hall–Kier alpha value is -1.68. The molecule has 1 aromatic rings. The first-order valence-electron chi connectivity index (χ1n) is 7.24. The monoisotopic (exact) mass is 273 g/mol. The Balaban J connectivity index is 1.64. The molecular formula is C16H19NO3. The minimum absolute atomic E-state index is 0.0330. The number of hydrogen-bond donors (Lipinski definition) is 0.